The fraction of sp³-hybridized carbons (Fsp3) is 0.190. The molecule has 0 bridgehead atoms. The van der Waals surface area contributed by atoms with Crippen LogP contribution in [-0.2, 0) is 0 Å². The molecule has 0 atom stereocenters. The Morgan fingerprint density at radius 2 is 1.86 bits per heavy atom. The summed E-state index contributed by atoms with van der Waals surface area (Å²) in [5.41, 5.74) is 3.13. The zero-order chi connectivity index (χ0) is 19.7. The van der Waals surface area contributed by atoms with Crippen molar-refractivity contribution >= 4 is 17.2 Å². The zero-order valence-corrected chi connectivity index (χ0v) is 15.7. The van der Waals surface area contributed by atoms with Gasteiger partial charge in [-0.25, -0.2) is 9.98 Å². The van der Waals surface area contributed by atoms with Gasteiger partial charge in [-0.05, 0) is 23.8 Å². The average molecular weight is 378 g/mol. The van der Waals surface area contributed by atoms with E-state index in [0.29, 0.717) is 34.4 Å². The van der Waals surface area contributed by atoms with Crippen LogP contribution >= 0.6 is 0 Å². The van der Waals surface area contributed by atoms with Crippen LogP contribution in [0.2, 0.25) is 0 Å². The lowest BCUT2D eigenvalue weighted by Gasteiger charge is -2.13. The first-order chi connectivity index (χ1) is 13.6. The molecule has 1 aromatic carbocycles. The molecule has 0 amide bonds. The minimum absolute atomic E-state index is 0.173. The van der Waals surface area contributed by atoms with Crippen LogP contribution in [0.3, 0.4) is 0 Å². The Balaban J connectivity index is 1.65. The minimum atomic E-state index is -0.321. The third-order valence-corrected chi connectivity index (χ3v) is 4.49. The molecule has 7 heteroatoms. The predicted octanol–water partition coefficient (Wildman–Crippen LogP) is 3.61. The Morgan fingerprint density at radius 1 is 1.11 bits per heavy atom. The fourth-order valence-electron chi connectivity index (χ4n) is 3.10. The van der Waals surface area contributed by atoms with Gasteiger partial charge in [-0.15, -0.1) is 0 Å². The number of nitrogens with zero attached hydrogens (tertiary/aromatic N) is 2. The number of rotatable bonds is 6. The van der Waals surface area contributed by atoms with E-state index >= 15 is 0 Å². The van der Waals surface area contributed by atoms with Gasteiger partial charge in [0.05, 0.1) is 27.0 Å². The Kier molecular flexibility index (Phi) is 4.57. The number of aromatic nitrogens is 1. The van der Waals surface area contributed by atoms with Crippen molar-refractivity contribution in [3.63, 3.8) is 0 Å². The SMILES string of the molecule is COc1cc(C(=O)c2coc(C3=CC4=CC=CCC4=N3)n2)cc(OC)c1OC. The molecule has 0 saturated carbocycles. The number of fused-ring (bicyclic) bond motifs is 1. The maximum atomic E-state index is 12.9. The second-order valence-corrected chi connectivity index (χ2v) is 6.12. The van der Waals surface area contributed by atoms with Crippen molar-refractivity contribution in [1.82, 2.24) is 4.98 Å². The molecule has 142 valence electrons. The van der Waals surface area contributed by atoms with E-state index in [1.165, 1.54) is 27.6 Å². The van der Waals surface area contributed by atoms with Crippen molar-refractivity contribution in [3.8, 4) is 17.2 Å². The number of aliphatic imine (C=N–C) groups is 1. The van der Waals surface area contributed by atoms with Crippen LogP contribution in [0.25, 0.3) is 5.70 Å². The van der Waals surface area contributed by atoms with Gasteiger partial charge in [0.2, 0.25) is 17.4 Å². The molecule has 7 nitrogen and oxygen atoms in total. The standard InChI is InChI=1S/C21H18N2O5/c1-25-17-9-13(10-18(26-2)20(17)27-3)19(24)16-11-28-21(23-16)15-8-12-6-4-5-7-14(12)22-15/h4-6,8-11H,7H2,1-3H3. The highest BCUT2D eigenvalue weighted by Gasteiger charge is 2.23. The monoisotopic (exact) mass is 378 g/mol. The van der Waals surface area contributed by atoms with Crippen molar-refractivity contribution in [2.75, 3.05) is 21.3 Å². The number of ether oxygens (including phenoxy) is 3. The summed E-state index contributed by atoms with van der Waals surface area (Å²) in [7, 11) is 4.49. The van der Waals surface area contributed by atoms with Crippen LogP contribution in [0.4, 0.5) is 0 Å². The molecule has 0 fully saturated rings. The maximum absolute atomic E-state index is 12.9. The Morgan fingerprint density at radius 3 is 2.50 bits per heavy atom. The summed E-state index contributed by atoms with van der Waals surface area (Å²) in [6, 6.07) is 3.16. The molecular formula is C21H18N2O5. The molecule has 0 saturated heterocycles. The van der Waals surface area contributed by atoms with Crippen LogP contribution in [0.5, 0.6) is 17.2 Å². The van der Waals surface area contributed by atoms with E-state index in [0.717, 1.165) is 17.7 Å². The van der Waals surface area contributed by atoms with E-state index in [1.54, 1.807) is 12.1 Å². The molecule has 0 unspecified atom stereocenters. The molecule has 1 aromatic heterocycles. The Hall–Kier alpha value is -3.61. The van der Waals surface area contributed by atoms with Crippen LogP contribution in [0.15, 0.2) is 57.7 Å². The molecular weight excluding hydrogens is 360 g/mol. The normalized spacial score (nSPS) is 14.8. The smallest absolute Gasteiger partial charge is 0.245 e. The van der Waals surface area contributed by atoms with Gasteiger partial charge < -0.3 is 18.6 Å². The summed E-state index contributed by atoms with van der Waals surface area (Å²) in [5, 5.41) is 0. The number of oxazole rings is 1. The van der Waals surface area contributed by atoms with Gasteiger partial charge in [-0.1, -0.05) is 18.2 Å². The van der Waals surface area contributed by atoms with Gasteiger partial charge in [-0.2, -0.15) is 0 Å². The first kappa shape index (κ1) is 17.8. The van der Waals surface area contributed by atoms with Crippen LogP contribution in [0.1, 0.15) is 28.4 Å². The van der Waals surface area contributed by atoms with E-state index in [2.05, 4.69) is 9.98 Å². The van der Waals surface area contributed by atoms with Gasteiger partial charge in [0.15, 0.2) is 17.2 Å². The third kappa shape index (κ3) is 3.00. The Labute approximate surface area is 161 Å². The molecule has 0 spiro atoms. The number of carbonyl (C=O) groups is 1. The summed E-state index contributed by atoms with van der Waals surface area (Å²) in [6.45, 7) is 0. The quantitative estimate of drug-likeness (QED) is 0.714. The van der Waals surface area contributed by atoms with E-state index < -0.39 is 0 Å². The number of ketones is 1. The molecule has 2 aliphatic rings. The first-order valence-electron chi connectivity index (χ1n) is 8.61. The molecule has 4 rings (SSSR count). The van der Waals surface area contributed by atoms with Crippen molar-refractivity contribution in [1.29, 1.82) is 0 Å². The van der Waals surface area contributed by atoms with Gasteiger partial charge >= 0.3 is 0 Å². The lowest BCUT2D eigenvalue weighted by molar-refractivity contribution is 0.103. The predicted molar refractivity (Wildman–Crippen MR) is 103 cm³/mol. The lowest BCUT2D eigenvalue weighted by Crippen LogP contribution is -2.04. The van der Waals surface area contributed by atoms with Crippen molar-refractivity contribution in [2.24, 2.45) is 4.99 Å². The number of hydrogen-bond donors (Lipinski definition) is 0. The van der Waals surface area contributed by atoms with E-state index in [4.69, 9.17) is 18.6 Å². The van der Waals surface area contributed by atoms with Gasteiger partial charge in [-0.3, -0.25) is 4.79 Å². The number of benzene rings is 1. The third-order valence-electron chi connectivity index (χ3n) is 4.49. The highest BCUT2D eigenvalue weighted by Crippen LogP contribution is 2.38. The molecule has 1 aliphatic heterocycles. The van der Waals surface area contributed by atoms with E-state index in [-0.39, 0.29) is 11.5 Å². The molecule has 2 heterocycles. The molecule has 0 N–H and O–H groups in total. The average Bonchev–Trinajstić information content (AvgIpc) is 3.38. The lowest BCUT2D eigenvalue weighted by atomic mass is 10.0. The summed E-state index contributed by atoms with van der Waals surface area (Å²) < 4.78 is 21.4. The number of carbonyl (C=O) groups excluding carboxylic acids is 1. The van der Waals surface area contributed by atoms with Gasteiger partial charge in [0.25, 0.3) is 0 Å². The number of hydrogen-bond acceptors (Lipinski definition) is 7. The highest BCUT2D eigenvalue weighted by atomic mass is 16.5. The summed E-state index contributed by atoms with van der Waals surface area (Å²) in [6.07, 6.45) is 10.0. The molecule has 2 aromatic rings. The largest absolute Gasteiger partial charge is 0.493 e. The van der Waals surface area contributed by atoms with Gasteiger partial charge in [0.1, 0.15) is 12.0 Å². The Bertz CT molecular complexity index is 1050. The summed E-state index contributed by atoms with van der Waals surface area (Å²) in [5.74, 6) is 1.18. The van der Waals surface area contributed by atoms with Crippen LogP contribution in [0, 0.1) is 0 Å². The van der Waals surface area contributed by atoms with Crippen LogP contribution < -0.4 is 14.2 Å². The van der Waals surface area contributed by atoms with Gasteiger partial charge in [0, 0.05) is 12.0 Å². The van der Waals surface area contributed by atoms with Crippen molar-refractivity contribution in [2.45, 2.75) is 6.42 Å². The number of methoxy groups -OCH3 is 3. The highest BCUT2D eigenvalue weighted by molar-refractivity contribution is 6.12. The fourth-order valence-corrected chi connectivity index (χ4v) is 3.10. The topological polar surface area (TPSA) is 83.2 Å². The molecule has 1 aliphatic carbocycles. The minimum Gasteiger partial charge on any atom is -0.493 e. The van der Waals surface area contributed by atoms with E-state index in [1.807, 2.05) is 24.3 Å². The van der Waals surface area contributed by atoms with Crippen molar-refractivity contribution < 1.29 is 23.4 Å². The van der Waals surface area contributed by atoms with Crippen LogP contribution in [-0.4, -0.2) is 37.8 Å². The zero-order valence-electron chi connectivity index (χ0n) is 15.7. The maximum Gasteiger partial charge on any atom is 0.245 e. The molecule has 0 radical (unpaired) electrons. The first-order valence-corrected chi connectivity index (χ1v) is 8.61. The second-order valence-electron chi connectivity index (χ2n) is 6.12. The second kappa shape index (κ2) is 7.19. The van der Waals surface area contributed by atoms with E-state index in [9.17, 15) is 4.79 Å². The molecule has 28 heavy (non-hydrogen) atoms. The van der Waals surface area contributed by atoms with Crippen molar-refractivity contribution in [3.05, 3.63) is 65.4 Å². The number of allylic oxidation sites excluding steroid dienone is 5. The summed E-state index contributed by atoms with van der Waals surface area (Å²) >= 11 is 0. The summed E-state index contributed by atoms with van der Waals surface area (Å²) in [4.78, 5) is 21.8.